The van der Waals surface area contributed by atoms with Crippen LogP contribution >= 0.6 is 0 Å². The molecule has 0 unspecified atom stereocenters. The van der Waals surface area contributed by atoms with Crippen LogP contribution < -0.4 is 4.74 Å². The molecular formula is C18H26N2O3. The fourth-order valence-corrected chi connectivity index (χ4v) is 2.94. The number of piperazine rings is 1. The van der Waals surface area contributed by atoms with Crippen molar-refractivity contribution in [3.05, 3.63) is 29.8 Å². The van der Waals surface area contributed by atoms with E-state index in [1.165, 1.54) is 12.8 Å². The Kier molecular flexibility index (Phi) is 5.18. The Balaban J connectivity index is 1.59. The number of β-amino-alcohol motifs (C(OH)–C–C–N with tert-alkyl or cyclic N) is 1. The predicted molar refractivity (Wildman–Crippen MR) is 88.7 cm³/mol. The maximum absolute atomic E-state index is 12.8. The number of carbonyl (C=O) groups excluding carboxylic acids is 1. The number of hydrogen-bond acceptors (Lipinski definition) is 4. The van der Waals surface area contributed by atoms with Crippen molar-refractivity contribution in [2.45, 2.75) is 25.9 Å². The average Bonchev–Trinajstić information content (AvgIpc) is 3.37. The van der Waals surface area contributed by atoms with Crippen LogP contribution in [-0.2, 0) is 0 Å². The minimum Gasteiger partial charge on any atom is -0.492 e. The largest absolute Gasteiger partial charge is 0.492 e. The van der Waals surface area contributed by atoms with Gasteiger partial charge in [0.15, 0.2) is 0 Å². The molecule has 1 aliphatic carbocycles. The number of aliphatic hydroxyl groups excluding tert-OH is 1. The van der Waals surface area contributed by atoms with Crippen molar-refractivity contribution in [1.29, 1.82) is 0 Å². The molecule has 5 nitrogen and oxygen atoms in total. The molecule has 1 aromatic carbocycles. The van der Waals surface area contributed by atoms with E-state index in [9.17, 15) is 9.90 Å². The van der Waals surface area contributed by atoms with Crippen LogP contribution in [0.4, 0.5) is 0 Å². The van der Waals surface area contributed by atoms with Crippen LogP contribution in [0.2, 0.25) is 0 Å². The van der Waals surface area contributed by atoms with E-state index in [1.54, 1.807) is 6.92 Å². The number of benzene rings is 1. The summed E-state index contributed by atoms with van der Waals surface area (Å²) < 4.78 is 5.86. The van der Waals surface area contributed by atoms with E-state index in [0.29, 0.717) is 43.5 Å². The van der Waals surface area contributed by atoms with Gasteiger partial charge in [0.1, 0.15) is 5.75 Å². The Hall–Kier alpha value is -1.59. The summed E-state index contributed by atoms with van der Waals surface area (Å²) in [5.74, 6) is 1.42. The lowest BCUT2D eigenvalue weighted by atomic mass is 10.1. The number of rotatable bonds is 6. The van der Waals surface area contributed by atoms with Crippen molar-refractivity contribution < 1.29 is 14.6 Å². The molecule has 1 heterocycles. The zero-order valence-corrected chi connectivity index (χ0v) is 13.8. The van der Waals surface area contributed by atoms with Gasteiger partial charge in [0, 0.05) is 32.7 Å². The van der Waals surface area contributed by atoms with Gasteiger partial charge in [-0.3, -0.25) is 9.69 Å². The molecule has 1 N–H and O–H groups in total. The van der Waals surface area contributed by atoms with Gasteiger partial charge < -0.3 is 14.7 Å². The molecule has 1 aliphatic heterocycles. The zero-order valence-electron chi connectivity index (χ0n) is 13.8. The van der Waals surface area contributed by atoms with E-state index < -0.39 is 0 Å². The molecule has 1 aromatic rings. The first-order valence-corrected chi connectivity index (χ1v) is 8.55. The summed E-state index contributed by atoms with van der Waals surface area (Å²) in [5, 5.41) is 9.46. The summed E-state index contributed by atoms with van der Waals surface area (Å²) in [4.78, 5) is 16.9. The van der Waals surface area contributed by atoms with Gasteiger partial charge in [0.05, 0.1) is 18.3 Å². The molecule has 1 atom stereocenters. The number of ether oxygens (including phenoxy) is 1. The van der Waals surface area contributed by atoms with Crippen LogP contribution in [0.15, 0.2) is 24.3 Å². The van der Waals surface area contributed by atoms with Crippen molar-refractivity contribution in [1.82, 2.24) is 9.80 Å². The number of aliphatic hydroxyl groups is 1. The van der Waals surface area contributed by atoms with Crippen molar-refractivity contribution in [3.8, 4) is 5.75 Å². The van der Waals surface area contributed by atoms with Crippen molar-refractivity contribution in [3.63, 3.8) is 0 Å². The second-order valence-corrected chi connectivity index (χ2v) is 6.69. The van der Waals surface area contributed by atoms with Gasteiger partial charge in [-0.1, -0.05) is 12.1 Å². The van der Waals surface area contributed by atoms with E-state index in [-0.39, 0.29) is 12.0 Å². The summed E-state index contributed by atoms with van der Waals surface area (Å²) >= 11 is 0. The molecule has 0 bridgehead atoms. The van der Waals surface area contributed by atoms with Crippen molar-refractivity contribution in [2.24, 2.45) is 5.92 Å². The number of nitrogens with zero attached hydrogens (tertiary/aromatic N) is 2. The molecule has 0 spiro atoms. The number of hydrogen-bond donors (Lipinski definition) is 1. The lowest BCUT2D eigenvalue weighted by Gasteiger charge is -2.35. The first kappa shape index (κ1) is 16.3. The lowest BCUT2D eigenvalue weighted by molar-refractivity contribution is 0.0550. The SMILES string of the molecule is C[C@@H](O)CN1CCN(C(=O)c2ccccc2OCC2CC2)CC1. The summed E-state index contributed by atoms with van der Waals surface area (Å²) in [6.45, 7) is 6.19. The third-order valence-electron chi connectivity index (χ3n) is 4.47. The van der Waals surface area contributed by atoms with Crippen LogP contribution in [-0.4, -0.2) is 66.2 Å². The summed E-state index contributed by atoms with van der Waals surface area (Å²) in [6.07, 6.45) is 2.15. The highest BCUT2D eigenvalue weighted by Gasteiger charge is 2.26. The average molecular weight is 318 g/mol. The Labute approximate surface area is 137 Å². The highest BCUT2D eigenvalue weighted by Crippen LogP contribution is 2.30. The maximum Gasteiger partial charge on any atom is 0.257 e. The first-order valence-electron chi connectivity index (χ1n) is 8.55. The topological polar surface area (TPSA) is 53.0 Å². The van der Waals surface area contributed by atoms with E-state index in [0.717, 1.165) is 13.1 Å². The van der Waals surface area contributed by atoms with Crippen LogP contribution in [0.3, 0.4) is 0 Å². The molecule has 5 heteroatoms. The van der Waals surface area contributed by atoms with Crippen LogP contribution in [0.25, 0.3) is 0 Å². The second-order valence-electron chi connectivity index (χ2n) is 6.69. The van der Waals surface area contributed by atoms with Crippen LogP contribution in [0.5, 0.6) is 5.75 Å². The Morgan fingerprint density at radius 1 is 1.26 bits per heavy atom. The molecule has 1 saturated carbocycles. The Morgan fingerprint density at radius 3 is 2.61 bits per heavy atom. The highest BCUT2D eigenvalue weighted by molar-refractivity contribution is 5.97. The quantitative estimate of drug-likeness (QED) is 0.866. The maximum atomic E-state index is 12.8. The first-order chi connectivity index (χ1) is 11.1. The third-order valence-corrected chi connectivity index (χ3v) is 4.47. The predicted octanol–water partition coefficient (Wildman–Crippen LogP) is 1.61. The third kappa shape index (κ3) is 4.45. The Morgan fingerprint density at radius 2 is 1.96 bits per heavy atom. The highest BCUT2D eigenvalue weighted by atomic mass is 16.5. The van der Waals surface area contributed by atoms with Gasteiger partial charge in [-0.25, -0.2) is 0 Å². The fourth-order valence-electron chi connectivity index (χ4n) is 2.94. The summed E-state index contributed by atoms with van der Waals surface area (Å²) in [6, 6.07) is 7.55. The number of amides is 1. The molecule has 1 amide bonds. The van der Waals surface area contributed by atoms with Crippen molar-refractivity contribution >= 4 is 5.91 Å². The smallest absolute Gasteiger partial charge is 0.257 e. The molecule has 0 aromatic heterocycles. The van der Waals surface area contributed by atoms with E-state index >= 15 is 0 Å². The second kappa shape index (κ2) is 7.32. The molecule has 1 saturated heterocycles. The zero-order chi connectivity index (χ0) is 16.2. The molecule has 126 valence electrons. The standard InChI is InChI=1S/C18H26N2O3/c1-14(21)12-19-8-10-20(11-9-19)18(22)16-4-2-3-5-17(16)23-13-15-6-7-15/h2-5,14-15,21H,6-13H2,1H3/t14-/m1/s1. The monoisotopic (exact) mass is 318 g/mol. The summed E-state index contributed by atoms with van der Waals surface area (Å²) in [5.41, 5.74) is 0.664. The van der Waals surface area contributed by atoms with Crippen molar-refractivity contribution in [2.75, 3.05) is 39.3 Å². The minimum atomic E-state index is -0.325. The van der Waals surface area contributed by atoms with Gasteiger partial charge in [-0.15, -0.1) is 0 Å². The molecule has 23 heavy (non-hydrogen) atoms. The van der Waals surface area contributed by atoms with Gasteiger partial charge in [-0.05, 0) is 37.8 Å². The lowest BCUT2D eigenvalue weighted by Crippen LogP contribution is -2.50. The Bertz CT molecular complexity index is 535. The molecule has 2 aliphatic rings. The van der Waals surface area contributed by atoms with E-state index in [1.807, 2.05) is 29.2 Å². The molecule has 3 rings (SSSR count). The molecular weight excluding hydrogens is 292 g/mol. The van der Waals surface area contributed by atoms with Gasteiger partial charge in [-0.2, -0.15) is 0 Å². The van der Waals surface area contributed by atoms with Crippen LogP contribution in [0, 0.1) is 5.92 Å². The number of carbonyl (C=O) groups is 1. The van der Waals surface area contributed by atoms with E-state index in [2.05, 4.69) is 4.90 Å². The number of para-hydroxylation sites is 1. The van der Waals surface area contributed by atoms with Gasteiger partial charge in [0.2, 0.25) is 0 Å². The minimum absolute atomic E-state index is 0.0492. The fraction of sp³-hybridized carbons (Fsp3) is 0.611. The van der Waals surface area contributed by atoms with Gasteiger partial charge in [0.25, 0.3) is 5.91 Å². The van der Waals surface area contributed by atoms with Crippen LogP contribution in [0.1, 0.15) is 30.1 Å². The molecule has 2 fully saturated rings. The van der Waals surface area contributed by atoms with Gasteiger partial charge >= 0.3 is 0 Å². The summed E-state index contributed by atoms with van der Waals surface area (Å²) in [7, 11) is 0. The van der Waals surface area contributed by atoms with E-state index in [4.69, 9.17) is 4.74 Å². The molecule has 0 radical (unpaired) electrons. The normalized spacial score (nSPS) is 20.3.